The van der Waals surface area contributed by atoms with E-state index in [1.165, 1.54) is 15.7 Å². The van der Waals surface area contributed by atoms with Gasteiger partial charge >= 0.3 is 0 Å². The van der Waals surface area contributed by atoms with Crippen molar-refractivity contribution >= 4 is 35.2 Å². The molecule has 4 aliphatic rings. The minimum atomic E-state index is -0.507. The van der Waals surface area contributed by atoms with Gasteiger partial charge in [0.25, 0.3) is 11.5 Å². The number of aldehydes is 1. The highest BCUT2D eigenvalue weighted by molar-refractivity contribution is 6.09. The molecule has 2 fully saturated rings. The molecule has 13 heteroatoms. The average Bonchev–Trinajstić information content (AvgIpc) is 3.38. The van der Waals surface area contributed by atoms with Crippen LogP contribution in [0.15, 0.2) is 47.7 Å². The van der Waals surface area contributed by atoms with E-state index in [9.17, 15) is 14.4 Å². The maximum Gasteiger partial charge on any atom is 0.279 e. The van der Waals surface area contributed by atoms with Crippen LogP contribution in [0.5, 0.6) is 0 Å². The van der Waals surface area contributed by atoms with Crippen LogP contribution in [0, 0.1) is 5.82 Å². The Morgan fingerprint density at radius 1 is 1.04 bits per heavy atom. The van der Waals surface area contributed by atoms with E-state index >= 15 is 4.39 Å². The molecule has 1 aliphatic carbocycles. The van der Waals surface area contributed by atoms with Crippen LogP contribution < -0.4 is 20.7 Å². The van der Waals surface area contributed by atoms with Gasteiger partial charge in [-0.2, -0.15) is 0 Å². The lowest BCUT2D eigenvalue weighted by Crippen LogP contribution is -2.59. The van der Waals surface area contributed by atoms with Gasteiger partial charge < -0.3 is 24.1 Å². The molecule has 0 saturated carbocycles. The number of halogens is 1. The Hall–Kier alpha value is -4.88. The fourth-order valence-corrected chi connectivity index (χ4v) is 7.80. The van der Waals surface area contributed by atoms with E-state index in [1.54, 1.807) is 25.4 Å². The maximum absolute atomic E-state index is 15.5. The predicted molar refractivity (Wildman–Crippen MR) is 184 cm³/mol. The Kier molecular flexibility index (Phi) is 8.03. The first kappa shape index (κ1) is 31.4. The van der Waals surface area contributed by atoms with Crippen molar-refractivity contribution in [3.05, 3.63) is 81.5 Å². The molecule has 3 aliphatic heterocycles. The SMILES string of the molecule is CC1CN(C2COC2)CCN1c1ccc(Nc2cc(-c3ccnc(N4CCn5c6c(c(F)c5C4=O)CCCC6)c3C=O)cn(C)c2=O)nc1. The fraction of sp³-hybridized carbons (Fsp3) is 0.417. The lowest BCUT2D eigenvalue weighted by molar-refractivity contribution is -0.0691. The first-order valence-electron chi connectivity index (χ1n) is 17.0. The Morgan fingerprint density at radius 2 is 1.88 bits per heavy atom. The zero-order valence-corrected chi connectivity index (χ0v) is 27.7. The van der Waals surface area contributed by atoms with E-state index in [4.69, 9.17) is 4.74 Å². The highest BCUT2D eigenvalue weighted by Crippen LogP contribution is 2.35. The molecule has 4 aromatic heterocycles. The molecular formula is C36H39FN8O4. The molecule has 1 unspecified atom stereocenters. The molecule has 0 bridgehead atoms. The van der Waals surface area contributed by atoms with Gasteiger partial charge in [-0.25, -0.2) is 14.4 Å². The van der Waals surface area contributed by atoms with Crippen molar-refractivity contribution in [3.8, 4) is 11.1 Å². The lowest BCUT2D eigenvalue weighted by atomic mass is 9.97. The van der Waals surface area contributed by atoms with Crippen molar-refractivity contribution in [1.29, 1.82) is 0 Å². The van der Waals surface area contributed by atoms with Crippen LogP contribution in [0.2, 0.25) is 0 Å². The minimum Gasteiger partial charge on any atom is -0.378 e. The number of anilines is 4. The number of hydrogen-bond acceptors (Lipinski definition) is 9. The number of nitrogens with zero attached hydrogens (tertiary/aromatic N) is 7. The Morgan fingerprint density at radius 3 is 2.61 bits per heavy atom. The summed E-state index contributed by atoms with van der Waals surface area (Å²) in [5.74, 6) is -0.291. The number of carbonyl (C=O) groups is 2. The van der Waals surface area contributed by atoms with Crippen LogP contribution >= 0.6 is 0 Å². The smallest absolute Gasteiger partial charge is 0.279 e. The van der Waals surface area contributed by atoms with Gasteiger partial charge in [-0.05, 0) is 62.4 Å². The zero-order valence-electron chi connectivity index (χ0n) is 27.7. The number of rotatable bonds is 7. The van der Waals surface area contributed by atoms with Gasteiger partial charge in [-0.3, -0.25) is 24.2 Å². The average molecular weight is 667 g/mol. The Labute approximate surface area is 283 Å². The monoisotopic (exact) mass is 666 g/mol. The standard InChI is InChI=1S/C36H39FN8O4/c1-22-17-42(25-20-49-21-25)11-12-43(22)24-7-8-31(39-16-24)40-29-15-23(18-41(2)35(29)47)26-9-10-38-34(28(26)19-46)45-14-13-44-30-6-4-3-5-27(30)32(37)33(44)36(45)48/h7-10,15-16,18-19,22,25H,3-6,11-14,17,20-21H2,1-2H3,(H,39,40). The molecule has 7 heterocycles. The zero-order chi connectivity index (χ0) is 33.8. The number of amides is 1. The van der Waals surface area contributed by atoms with E-state index in [1.807, 2.05) is 22.9 Å². The third kappa shape index (κ3) is 5.41. The number of nitrogens with one attached hydrogen (secondary N) is 1. The third-order valence-corrected chi connectivity index (χ3v) is 10.5. The van der Waals surface area contributed by atoms with Crippen molar-refractivity contribution in [2.24, 2.45) is 7.05 Å². The van der Waals surface area contributed by atoms with Crippen molar-refractivity contribution < 1.29 is 18.7 Å². The topological polar surface area (TPSA) is 118 Å². The molecular weight excluding hydrogens is 627 g/mol. The molecule has 49 heavy (non-hydrogen) atoms. The summed E-state index contributed by atoms with van der Waals surface area (Å²) < 4.78 is 24.2. The summed E-state index contributed by atoms with van der Waals surface area (Å²) in [6, 6.07) is 8.06. The summed E-state index contributed by atoms with van der Waals surface area (Å²) in [5.41, 5.74) is 3.86. The van der Waals surface area contributed by atoms with Gasteiger partial charge in [-0.15, -0.1) is 0 Å². The highest BCUT2D eigenvalue weighted by Gasteiger charge is 2.37. The number of hydrogen-bond donors (Lipinski definition) is 1. The van der Waals surface area contributed by atoms with E-state index in [2.05, 4.69) is 32.0 Å². The van der Waals surface area contributed by atoms with Gasteiger partial charge in [0.05, 0.1) is 36.7 Å². The van der Waals surface area contributed by atoms with Crippen LogP contribution in [0.4, 0.5) is 27.4 Å². The first-order chi connectivity index (χ1) is 23.8. The van der Waals surface area contributed by atoms with E-state index in [-0.39, 0.29) is 34.9 Å². The summed E-state index contributed by atoms with van der Waals surface area (Å²) in [6.07, 6.45) is 8.90. The molecule has 1 N–H and O–H groups in total. The Bertz CT molecular complexity index is 2000. The summed E-state index contributed by atoms with van der Waals surface area (Å²) in [4.78, 5) is 55.0. The summed E-state index contributed by atoms with van der Waals surface area (Å²) in [5, 5.41) is 3.17. The molecule has 1 atom stereocenters. The first-order valence-corrected chi connectivity index (χ1v) is 17.0. The molecule has 2 saturated heterocycles. The summed E-state index contributed by atoms with van der Waals surface area (Å²) in [7, 11) is 1.64. The number of aryl methyl sites for hydroxylation is 1. The molecule has 12 nitrogen and oxygen atoms in total. The molecule has 0 aromatic carbocycles. The van der Waals surface area contributed by atoms with E-state index < -0.39 is 11.7 Å². The van der Waals surface area contributed by atoms with Crippen molar-refractivity contribution in [3.63, 3.8) is 0 Å². The second kappa shape index (κ2) is 12.5. The normalized spacial score (nSPS) is 19.7. The van der Waals surface area contributed by atoms with Gasteiger partial charge in [0, 0.05) is 75.0 Å². The van der Waals surface area contributed by atoms with Crippen LogP contribution in [-0.4, -0.2) is 87.7 Å². The predicted octanol–water partition coefficient (Wildman–Crippen LogP) is 3.79. The number of fused-ring (bicyclic) bond motifs is 3. The van der Waals surface area contributed by atoms with E-state index in [0.717, 1.165) is 63.5 Å². The minimum absolute atomic E-state index is 0.0369. The van der Waals surface area contributed by atoms with Crippen LogP contribution in [0.3, 0.4) is 0 Å². The number of carbonyl (C=O) groups excluding carboxylic acids is 2. The number of ether oxygens (including phenoxy) is 1. The Balaban J connectivity index is 1.05. The van der Waals surface area contributed by atoms with Crippen LogP contribution in [0.25, 0.3) is 11.1 Å². The van der Waals surface area contributed by atoms with Gasteiger partial charge in [-0.1, -0.05) is 0 Å². The second-order valence-electron chi connectivity index (χ2n) is 13.4. The highest BCUT2D eigenvalue weighted by atomic mass is 19.1. The molecule has 8 rings (SSSR count). The second-order valence-corrected chi connectivity index (χ2v) is 13.4. The molecule has 0 radical (unpaired) electrons. The van der Waals surface area contributed by atoms with Crippen molar-refractivity contribution in [1.82, 2.24) is 24.0 Å². The number of pyridine rings is 3. The van der Waals surface area contributed by atoms with Crippen molar-refractivity contribution in [2.45, 2.75) is 51.2 Å². The molecule has 1 amide bonds. The number of aromatic nitrogens is 4. The van der Waals surface area contributed by atoms with Crippen LogP contribution in [-0.2, 0) is 31.2 Å². The molecule has 4 aromatic rings. The lowest BCUT2D eigenvalue weighted by Gasteiger charge is -2.46. The molecule has 254 valence electrons. The molecule has 0 spiro atoms. The third-order valence-electron chi connectivity index (χ3n) is 10.5. The summed E-state index contributed by atoms with van der Waals surface area (Å²) >= 11 is 0. The van der Waals surface area contributed by atoms with E-state index in [0.29, 0.717) is 53.8 Å². The van der Waals surface area contributed by atoms with Crippen molar-refractivity contribution in [2.75, 3.05) is 54.5 Å². The van der Waals surface area contributed by atoms with Gasteiger partial charge in [0.2, 0.25) is 0 Å². The quantitative estimate of drug-likeness (QED) is 0.294. The maximum atomic E-state index is 15.5. The largest absolute Gasteiger partial charge is 0.378 e. The van der Waals surface area contributed by atoms with Gasteiger partial charge in [0.1, 0.15) is 23.0 Å². The number of piperazine rings is 1. The fourth-order valence-electron chi connectivity index (χ4n) is 7.80. The van der Waals surface area contributed by atoms with Gasteiger partial charge in [0.15, 0.2) is 12.1 Å². The summed E-state index contributed by atoms with van der Waals surface area (Å²) in [6.45, 7) is 7.35. The van der Waals surface area contributed by atoms with Crippen LogP contribution in [0.1, 0.15) is 51.9 Å².